The fraction of sp³-hybridized carbons (Fsp3) is 0.545. The highest BCUT2D eigenvalue weighted by atomic mass is 35.5. The summed E-state index contributed by atoms with van der Waals surface area (Å²) in [6, 6.07) is 1.35. The van der Waals surface area contributed by atoms with E-state index < -0.39 is 10.0 Å². The Morgan fingerprint density at radius 3 is 2.33 bits per heavy atom. The highest BCUT2D eigenvalue weighted by molar-refractivity contribution is 7.89. The SMILES string of the molecule is CC1CN(S(=O)(=O)c2cnc(Cl)c(Cl)c2)CC1C. The maximum absolute atomic E-state index is 12.4. The van der Waals surface area contributed by atoms with E-state index in [1.165, 1.54) is 16.6 Å². The lowest BCUT2D eigenvalue weighted by Crippen LogP contribution is -2.29. The predicted molar refractivity (Wildman–Crippen MR) is 71.3 cm³/mol. The molecule has 0 bridgehead atoms. The lowest BCUT2D eigenvalue weighted by Gasteiger charge is -2.16. The topological polar surface area (TPSA) is 50.3 Å². The summed E-state index contributed by atoms with van der Waals surface area (Å²) in [6.07, 6.45) is 1.25. The molecule has 0 aromatic carbocycles. The molecular formula is C11H14Cl2N2O2S. The summed E-state index contributed by atoms with van der Waals surface area (Å²) >= 11 is 11.5. The average molecular weight is 309 g/mol. The summed E-state index contributed by atoms with van der Waals surface area (Å²) in [6.45, 7) is 5.16. The summed E-state index contributed by atoms with van der Waals surface area (Å²) in [5.41, 5.74) is 0. The maximum Gasteiger partial charge on any atom is 0.244 e. The van der Waals surface area contributed by atoms with Crippen LogP contribution in [0.1, 0.15) is 13.8 Å². The van der Waals surface area contributed by atoms with Crippen LogP contribution in [0.25, 0.3) is 0 Å². The Kier molecular flexibility index (Phi) is 3.88. The molecule has 1 aliphatic heterocycles. The van der Waals surface area contributed by atoms with Crippen molar-refractivity contribution in [2.75, 3.05) is 13.1 Å². The lowest BCUT2D eigenvalue weighted by molar-refractivity contribution is 0.463. The van der Waals surface area contributed by atoms with Gasteiger partial charge in [0.25, 0.3) is 0 Å². The van der Waals surface area contributed by atoms with Crippen molar-refractivity contribution in [1.82, 2.24) is 9.29 Å². The summed E-state index contributed by atoms with van der Waals surface area (Å²) in [5, 5.41) is 0.261. The molecule has 4 nitrogen and oxygen atoms in total. The van der Waals surface area contributed by atoms with Gasteiger partial charge in [-0.15, -0.1) is 0 Å². The number of hydrogen-bond acceptors (Lipinski definition) is 3. The third-order valence-corrected chi connectivity index (χ3v) is 5.85. The van der Waals surface area contributed by atoms with Gasteiger partial charge in [0.15, 0.2) is 0 Å². The standard InChI is InChI=1S/C11H14Cl2N2O2S/c1-7-5-15(6-8(7)2)18(16,17)9-3-10(12)11(13)14-4-9/h3-4,7-8H,5-6H2,1-2H3. The third-order valence-electron chi connectivity index (χ3n) is 3.36. The lowest BCUT2D eigenvalue weighted by atomic mass is 10.0. The van der Waals surface area contributed by atoms with Crippen LogP contribution in [-0.2, 0) is 10.0 Å². The van der Waals surface area contributed by atoms with Crippen molar-refractivity contribution in [2.24, 2.45) is 11.8 Å². The summed E-state index contributed by atoms with van der Waals surface area (Å²) in [4.78, 5) is 3.88. The molecule has 18 heavy (non-hydrogen) atoms. The highest BCUT2D eigenvalue weighted by Crippen LogP contribution is 2.29. The van der Waals surface area contributed by atoms with Crippen LogP contribution >= 0.6 is 23.2 Å². The minimum absolute atomic E-state index is 0.0956. The fourth-order valence-electron chi connectivity index (χ4n) is 1.97. The smallest absolute Gasteiger partial charge is 0.242 e. The van der Waals surface area contributed by atoms with Crippen LogP contribution in [0, 0.1) is 11.8 Å². The van der Waals surface area contributed by atoms with E-state index in [1.807, 2.05) is 13.8 Å². The first-order chi connectivity index (χ1) is 8.32. The van der Waals surface area contributed by atoms with E-state index in [4.69, 9.17) is 23.2 Å². The number of pyridine rings is 1. The molecule has 100 valence electrons. The van der Waals surface area contributed by atoms with E-state index in [0.29, 0.717) is 24.9 Å². The maximum atomic E-state index is 12.4. The summed E-state index contributed by atoms with van der Waals surface area (Å²) in [7, 11) is -3.52. The first kappa shape index (κ1) is 14.1. The van der Waals surface area contributed by atoms with Crippen molar-refractivity contribution in [3.63, 3.8) is 0 Å². The van der Waals surface area contributed by atoms with Crippen molar-refractivity contribution < 1.29 is 8.42 Å². The first-order valence-electron chi connectivity index (χ1n) is 5.63. The van der Waals surface area contributed by atoms with Crippen LogP contribution in [0.2, 0.25) is 10.2 Å². The Labute approximate surface area is 117 Å². The summed E-state index contributed by atoms with van der Waals surface area (Å²) < 4.78 is 26.2. The van der Waals surface area contributed by atoms with Crippen molar-refractivity contribution >= 4 is 33.2 Å². The van der Waals surface area contributed by atoms with E-state index in [-0.39, 0.29) is 15.1 Å². The molecule has 2 unspecified atom stereocenters. The van der Waals surface area contributed by atoms with Gasteiger partial charge in [0, 0.05) is 19.3 Å². The quantitative estimate of drug-likeness (QED) is 0.789. The van der Waals surface area contributed by atoms with Crippen LogP contribution in [0.4, 0.5) is 0 Å². The van der Waals surface area contributed by atoms with E-state index in [2.05, 4.69) is 4.98 Å². The molecule has 2 heterocycles. The average Bonchev–Trinajstić information content (AvgIpc) is 2.64. The van der Waals surface area contributed by atoms with Crippen molar-refractivity contribution in [3.8, 4) is 0 Å². The van der Waals surface area contributed by atoms with Gasteiger partial charge in [-0.3, -0.25) is 0 Å². The Morgan fingerprint density at radius 1 is 1.28 bits per heavy atom. The van der Waals surface area contributed by atoms with Gasteiger partial charge in [-0.25, -0.2) is 13.4 Å². The molecule has 0 spiro atoms. The second-order valence-corrected chi connectivity index (χ2v) is 7.42. The normalized spacial score (nSPS) is 25.6. The Bertz CT molecular complexity index is 552. The van der Waals surface area contributed by atoms with Gasteiger partial charge in [-0.1, -0.05) is 37.0 Å². The second kappa shape index (κ2) is 4.96. The molecule has 2 atom stereocenters. The van der Waals surface area contributed by atoms with Crippen molar-refractivity contribution in [2.45, 2.75) is 18.7 Å². The molecule has 7 heteroatoms. The van der Waals surface area contributed by atoms with Gasteiger partial charge in [0.05, 0.1) is 5.02 Å². The van der Waals surface area contributed by atoms with E-state index in [1.54, 1.807) is 0 Å². The number of rotatable bonds is 2. The molecule has 2 rings (SSSR count). The molecular weight excluding hydrogens is 295 g/mol. The first-order valence-corrected chi connectivity index (χ1v) is 7.83. The zero-order valence-electron chi connectivity index (χ0n) is 10.1. The molecule has 1 fully saturated rings. The zero-order chi connectivity index (χ0) is 13.5. The number of hydrogen-bond donors (Lipinski definition) is 0. The number of nitrogens with zero attached hydrogens (tertiary/aromatic N) is 2. The molecule has 0 aliphatic carbocycles. The van der Waals surface area contributed by atoms with E-state index in [0.717, 1.165) is 0 Å². The molecule has 1 aromatic rings. The monoisotopic (exact) mass is 308 g/mol. The van der Waals surface area contributed by atoms with Gasteiger partial charge in [-0.2, -0.15) is 4.31 Å². The zero-order valence-corrected chi connectivity index (χ0v) is 12.4. The molecule has 0 radical (unpaired) electrons. The molecule has 0 amide bonds. The Balaban J connectivity index is 2.34. The number of aromatic nitrogens is 1. The van der Waals surface area contributed by atoms with Crippen LogP contribution in [0.15, 0.2) is 17.2 Å². The Hall–Kier alpha value is -0.360. The molecule has 0 saturated carbocycles. The van der Waals surface area contributed by atoms with Crippen molar-refractivity contribution in [1.29, 1.82) is 0 Å². The highest BCUT2D eigenvalue weighted by Gasteiger charge is 2.35. The van der Waals surface area contributed by atoms with Crippen molar-refractivity contribution in [3.05, 3.63) is 22.4 Å². The minimum Gasteiger partial charge on any atom is -0.242 e. The van der Waals surface area contributed by atoms with Gasteiger partial charge < -0.3 is 0 Å². The number of halogens is 2. The van der Waals surface area contributed by atoms with Gasteiger partial charge >= 0.3 is 0 Å². The fourth-order valence-corrected chi connectivity index (χ4v) is 3.91. The molecule has 1 aromatic heterocycles. The number of sulfonamides is 1. The molecule has 0 N–H and O–H groups in total. The van der Waals surface area contributed by atoms with E-state index in [9.17, 15) is 8.42 Å². The predicted octanol–water partition coefficient (Wildman–Crippen LogP) is 2.66. The molecule has 1 aliphatic rings. The summed E-state index contributed by atoms with van der Waals surface area (Å²) in [5.74, 6) is 0.714. The largest absolute Gasteiger partial charge is 0.244 e. The van der Waals surface area contributed by atoms with Crippen LogP contribution in [0.3, 0.4) is 0 Å². The van der Waals surface area contributed by atoms with Crippen LogP contribution < -0.4 is 0 Å². The van der Waals surface area contributed by atoms with Crippen LogP contribution in [-0.4, -0.2) is 30.8 Å². The third kappa shape index (κ3) is 2.50. The van der Waals surface area contributed by atoms with Gasteiger partial charge in [0.1, 0.15) is 10.0 Å². The second-order valence-electron chi connectivity index (χ2n) is 4.72. The van der Waals surface area contributed by atoms with Crippen LogP contribution in [0.5, 0.6) is 0 Å². The van der Waals surface area contributed by atoms with Gasteiger partial charge in [-0.05, 0) is 17.9 Å². The van der Waals surface area contributed by atoms with Gasteiger partial charge in [0.2, 0.25) is 10.0 Å². The minimum atomic E-state index is -3.52. The molecule has 1 saturated heterocycles. The Morgan fingerprint density at radius 2 is 1.83 bits per heavy atom. The van der Waals surface area contributed by atoms with E-state index >= 15 is 0 Å².